The molecule has 0 fully saturated rings. The number of ether oxygens (including phenoxy) is 1. The van der Waals surface area contributed by atoms with E-state index in [1.165, 1.54) is 12.4 Å². The first-order chi connectivity index (χ1) is 16.4. The van der Waals surface area contributed by atoms with Crippen LogP contribution in [0.3, 0.4) is 0 Å². The van der Waals surface area contributed by atoms with Gasteiger partial charge in [-0.15, -0.1) is 0 Å². The Morgan fingerprint density at radius 1 is 1.29 bits per heavy atom. The number of H-pyrrole nitrogens is 1. The first kappa shape index (κ1) is 22.4. The van der Waals surface area contributed by atoms with Gasteiger partial charge in [0.1, 0.15) is 11.9 Å². The standard InChI is InChI=1S/C23H21Cl2N7O2/c1-12-5-14(28-12)10-32-11-15(7-27-32)29-23(33)22-17-6-16(3-4-20(17)30-31-22)34-13(2)21-18(24)8-26-9-19(21)25/h3-4,6-9,11,13-14H,5,10H2,1-2H3,(H,29,33)(H,30,31)/t13?,14-/m1/s1. The molecule has 34 heavy (non-hydrogen) atoms. The van der Waals surface area contributed by atoms with Crippen molar-refractivity contribution in [2.75, 3.05) is 5.32 Å². The smallest absolute Gasteiger partial charge is 0.276 e. The normalized spacial score (nSPS) is 16.1. The number of fused-ring (bicyclic) bond motifs is 1. The lowest BCUT2D eigenvalue weighted by molar-refractivity contribution is 0.102. The lowest BCUT2D eigenvalue weighted by Gasteiger charge is -2.21. The van der Waals surface area contributed by atoms with Gasteiger partial charge in [-0.1, -0.05) is 23.2 Å². The Morgan fingerprint density at radius 2 is 2.06 bits per heavy atom. The van der Waals surface area contributed by atoms with Gasteiger partial charge in [-0.3, -0.25) is 24.6 Å². The highest BCUT2D eigenvalue weighted by molar-refractivity contribution is 6.35. The average Bonchev–Trinajstić information content (AvgIpc) is 3.39. The molecule has 1 amide bonds. The van der Waals surface area contributed by atoms with Gasteiger partial charge in [0, 0.05) is 41.7 Å². The second-order valence-electron chi connectivity index (χ2n) is 8.18. The number of benzene rings is 1. The highest BCUT2D eigenvalue weighted by Crippen LogP contribution is 2.33. The number of rotatable bonds is 7. The maximum atomic E-state index is 12.9. The molecule has 11 heteroatoms. The minimum atomic E-state index is -0.431. The zero-order chi connectivity index (χ0) is 23.8. The van der Waals surface area contributed by atoms with Crippen LogP contribution in [0.1, 0.15) is 42.4 Å². The molecular formula is C23H21Cl2N7O2. The van der Waals surface area contributed by atoms with E-state index in [4.69, 9.17) is 27.9 Å². The Kier molecular flexibility index (Phi) is 5.97. The summed E-state index contributed by atoms with van der Waals surface area (Å²) >= 11 is 12.5. The van der Waals surface area contributed by atoms with Gasteiger partial charge >= 0.3 is 0 Å². The van der Waals surface area contributed by atoms with Crippen LogP contribution >= 0.6 is 23.2 Å². The van der Waals surface area contributed by atoms with Crippen LogP contribution in [-0.4, -0.2) is 42.6 Å². The molecule has 174 valence electrons. The third kappa shape index (κ3) is 4.49. The highest BCUT2D eigenvalue weighted by Gasteiger charge is 2.20. The molecule has 1 aromatic carbocycles. The molecule has 0 radical (unpaired) electrons. The van der Waals surface area contributed by atoms with Gasteiger partial charge in [0.05, 0.1) is 40.0 Å². The van der Waals surface area contributed by atoms with Crippen LogP contribution in [0.15, 0.2) is 48.0 Å². The Morgan fingerprint density at radius 3 is 2.79 bits per heavy atom. The van der Waals surface area contributed by atoms with E-state index in [-0.39, 0.29) is 17.6 Å². The van der Waals surface area contributed by atoms with E-state index in [9.17, 15) is 4.79 Å². The van der Waals surface area contributed by atoms with E-state index in [1.807, 2.05) is 13.8 Å². The van der Waals surface area contributed by atoms with Crippen molar-refractivity contribution in [3.8, 4) is 5.75 Å². The summed E-state index contributed by atoms with van der Waals surface area (Å²) in [5, 5.41) is 15.7. The van der Waals surface area contributed by atoms with Crippen molar-refractivity contribution in [3.05, 3.63) is 64.3 Å². The summed E-state index contributed by atoms with van der Waals surface area (Å²) < 4.78 is 7.84. The largest absolute Gasteiger partial charge is 0.486 e. The first-order valence-electron chi connectivity index (χ1n) is 10.7. The Balaban J connectivity index is 1.32. The van der Waals surface area contributed by atoms with Gasteiger partial charge < -0.3 is 10.1 Å². The molecule has 2 N–H and O–H groups in total. The van der Waals surface area contributed by atoms with Gasteiger partial charge in [0.15, 0.2) is 5.69 Å². The first-order valence-corrected chi connectivity index (χ1v) is 11.4. The molecule has 1 aliphatic heterocycles. The maximum absolute atomic E-state index is 12.9. The molecule has 1 unspecified atom stereocenters. The predicted octanol–water partition coefficient (Wildman–Crippen LogP) is 5.09. The number of pyridine rings is 1. The molecule has 0 saturated heterocycles. The number of halogens is 2. The lowest BCUT2D eigenvalue weighted by Crippen LogP contribution is -2.26. The molecule has 1 aliphatic rings. The number of nitrogens with one attached hydrogen (secondary N) is 2. The lowest BCUT2D eigenvalue weighted by atomic mass is 10.1. The van der Waals surface area contributed by atoms with Crippen LogP contribution in [-0.2, 0) is 6.54 Å². The van der Waals surface area contributed by atoms with Crippen LogP contribution in [0.5, 0.6) is 5.75 Å². The van der Waals surface area contributed by atoms with Gasteiger partial charge in [-0.05, 0) is 32.0 Å². The Hall–Kier alpha value is -3.43. The summed E-state index contributed by atoms with van der Waals surface area (Å²) in [6.45, 7) is 4.54. The van der Waals surface area contributed by atoms with Crippen LogP contribution < -0.4 is 10.1 Å². The van der Waals surface area contributed by atoms with Crippen molar-refractivity contribution >= 4 is 51.4 Å². The summed E-state index contributed by atoms with van der Waals surface area (Å²) in [6.07, 6.45) is 6.98. The number of carbonyl (C=O) groups excluding carboxylic acids is 1. The highest BCUT2D eigenvalue weighted by atomic mass is 35.5. The second kappa shape index (κ2) is 9.08. The average molecular weight is 498 g/mol. The third-order valence-corrected chi connectivity index (χ3v) is 6.18. The Labute approximate surface area is 205 Å². The monoisotopic (exact) mass is 497 g/mol. The molecule has 5 rings (SSSR count). The zero-order valence-corrected chi connectivity index (χ0v) is 19.9. The summed E-state index contributed by atoms with van der Waals surface area (Å²) in [5.41, 5.74) is 3.34. The van der Waals surface area contributed by atoms with Gasteiger partial charge in [-0.2, -0.15) is 10.2 Å². The molecule has 0 aliphatic carbocycles. The number of nitrogens with zero attached hydrogens (tertiary/aromatic N) is 5. The fourth-order valence-corrected chi connectivity index (χ4v) is 4.66. The van der Waals surface area contributed by atoms with Crippen LogP contribution in [0, 0.1) is 0 Å². The quantitative estimate of drug-likeness (QED) is 0.369. The van der Waals surface area contributed by atoms with Crippen LogP contribution in [0.2, 0.25) is 10.0 Å². The number of hydrogen-bond donors (Lipinski definition) is 2. The number of amides is 1. The van der Waals surface area contributed by atoms with Gasteiger partial charge in [0.2, 0.25) is 0 Å². The van der Waals surface area contributed by atoms with Crippen molar-refractivity contribution < 1.29 is 9.53 Å². The van der Waals surface area contributed by atoms with E-state index in [1.54, 1.807) is 35.3 Å². The molecule has 3 aromatic heterocycles. The number of carbonyl (C=O) groups is 1. The molecule has 0 spiro atoms. The molecule has 0 bridgehead atoms. The minimum absolute atomic E-state index is 0.247. The van der Waals surface area contributed by atoms with Crippen molar-refractivity contribution in [3.63, 3.8) is 0 Å². The second-order valence-corrected chi connectivity index (χ2v) is 9.00. The molecule has 2 atom stereocenters. The van der Waals surface area contributed by atoms with Gasteiger partial charge in [-0.25, -0.2) is 0 Å². The van der Waals surface area contributed by atoms with E-state index < -0.39 is 6.10 Å². The fourth-order valence-electron chi connectivity index (χ4n) is 3.99. The van der Waals surface area contributed by atoms with E-state index in [0.29, 0.717) is 44.5 Å². The topological polar surface area (TPSA) is 110 Å². The summed E-state index contributed by atoms with van der Waals surface area (Å²) in [7, 11) is 0. The van der Waals surface area contributed by atoms with E-state index >= 15 is 0 Å². The summed E-state index contributed by atoms with van der Waals surface area (Å²) in [5.74, 6) is 0.192. The molecule has 9 nitrogen and oxygen atoms in total. The number of hydrogen-bond acceptors (Lipinski definition) is 6. The van der Waals surface area contributed by atoms with Crippen LogP contribution in [0.25, 0.3) is 10.9 Å². The number of aromatic nitrogens is 5. The zero-order valence-electron chi connectivity index (χ0n) is 18.4. The summed E-state index contributed by atoms with van der Waals surface area (Å²) in [4.78, 5) is 21.4. The fraction of sp³-hybridized carbons (Fsp3) is 0.261. The Bertz CT molecular complexity index is 1390. The van der Waals surface area contributed by atoms with Crippen molar-refractivity contribution in [1.29, 1.82) is 0 Å². The van der Waals surface area contributed by atoms with E-state index in [2.05, 4.69) is 30.6 Å². The minimum Gasteiger partial charge on any atom is -0.486 e. The van der Waals surface area contributed by atoms with Crippen molar-refractivity contribution in [2.24, 2.45) is 4.99 Å². The number of aromatic amines is 1. The number of aliphatic imine (C=N–C) groups is 1. The summed E-state index contributed by atoms with van der Waals surface area (Å²) in [6, 6.07) is 5.59. The van der Waals surface area contributed by atoms with Crippen molar-refractivity contribution in [1.82, 2.24) is 25.0 Å². The molecule has 4 aromatic rings. The van der Waals surface area contributed by atoms with E-state index in [0.717, 1.165) is 12.1 Å². The molecule has 0 saturated carbocycles. The third-order valence-electron chi connectivity index (χ3n) is 5.58. The predicted molar refractivity (Wildman–Crippen MR) is 131 cm³/mol. The maximum Gasteiger partial charge on any atom is 0.276 e. The molecule has 4 heterocycles. The van der Waals surface area contributed by atoms with Crippen molar-refractivity contribution in [2.45, 2.75) is 39.0 Å². The van der Waals surface area contributed by atoms with Gasteiger partial charge in [0.25, 0.3) is 5.91 Å². The SMILES string of the molecule is CC1=N[C@@H](Cn2cc(NC(=O)c3n[nH]c4ccc(OC(C)c5c(Cl)cncc5Cl)cc34)cn2)C1. The number of anilines is 1. The van der Waals surface area contributed by atoms with Crippen LogP contribution in [0.4, 0.5) is 5.69 Å². The molecular weight excluding hydrogens is 477 g/mol.